The molecule has 160 valence electrons. The van der Waals surface area contributed by atoms with Crippen LogP contribution in [-0.4, -0.2) is 43.9 Å². The molecule has 1 heterocycles. The van der Waals surface area contributed by atoms with Crippen LogP contribution in [0.5, 0.6) is 0 Å². The van der Waals surface area contributed by atoms with E-state index in [4.69, 9.17) is 4.74 Å². The lowest BCUT2D eigenvalue weighted by Gasteiger charge is -2.15. The number of anilines is 1. The van der Waals surface area contributed by atoms with Crippen molar-refractivity contribution in [1.82, 2.24) is 10.6 Å². The summed E-state index contributed by atoms with van der Waals surface area (Å²) in [7, 11) is 0. The molecule has 8 heteroatoms. The third-order valence-corrected chi connectivity index (χ3v) is 4.87. The average Bonchev–Trinajstić information content (AvgIpc) is 3.11. The molecule has 0 aromatic heterocycles. The molecule has 2 aromatic rings. The Bertz CT molecular complexity index is 905. The number of alkyl halides is 1. The molecule has 1 aliphatic heterocycles. The third kappa shape index (κ3) is 5.33. The number of halogens is 2. The molecule has 1 aliphatic rings. The molecule has 3 rings (SSSR count). The average molecular weight is 417 g/mol. The van der Waals surface area contributed by atoms with Crippen LogP contribution in [0, 0.1) is 5.82 Å². The van der Waals surface area contributed by atoms with Crippen molar-refractivity contribution in [3.05, 3.63) is 53.8 Å². The Kier molecular flexibility index (Phi) is 6.99. The van der Waals surface area contributed by atoms with Gasteiger partial charge in [0, 0.05) is 25.1 Å². The minimum absolute atomic E-state index is 0.210. The fourth-order valence-corrected chi connectivity index (χ4v) is 3.15. The van der Waals surface area contributed by atoms with E-state index in [1.165, 1.54) is 17.9 Å². The van der Waals surface area contributed by atoms with Gasteiger partial charge in [0.05, 0.1) is 18.8 Å². The largest absolute Gasteiger partial charge is 0.442 e. The number of cyclic esters (lactones) is 1. The van der Waals surface area contributed by atoms with Crippen LogP contribution in [-0.2, 0) is 16.1 Å². The first-order valence-electron chi connectivity index (χ1n) is 9.78. The summed E-state index contributed by atoms with van der Waals surface area (Å²) in [5, 5.41) is 5.66. The molecular formula is C22H25F2N3O3. The first-order chi connectivity index (χ1) is 14.4. The molecular weight excluding hydrogens is 392 g/mol. The summed E-state index contributed by atoms with van der Waals surface area (Å²) in [6.07, 6.45) is -1.05. The van der Waals surface area contributed by atoms with Crippen molar-refractivity contribution in [3.8, 4) is 11.1 Å². The van der Waals surface area contributed by atoms with E-state index in [1.807, 2.05) is 24.3 Å². The van der Waals surface area contributed by atoms with Gasteiger partial charge in [0.1, 0.15) is 18.6 Å². The maximum absolute atomic E-state index is 14.8. The number of amides is 2. The zero-order chi connectivity index (χ0) is 21.7. The van der Waals surface area contributed by atoms with Gasteiger partial charge in [-0.2, -0.15) is 0 Å². The van der Waals surface area contributed by atoms with Crippen LogP contribution in [0.3, 0.4) is 0 Å². The highest BCUT2D eigenvalue weighted by atomic mass is 19.1. The zero-order valence-electron chi connectivity index (χ0n) is 17.0. The van der Waals surface area contributed by atoms with Gasteiger partial charge in [-0.05, 0) is 36.2 Å². The topological polar surface area (TPSA) is 70.7 Å². The zero-order valence-corrected chi connectivity index (χ0v) is 17.0. The Labute approximate surface area is 174 Å². The highest BCUT2D eigenvalue weighted by Crippen LogP contribution is 2.29. The lowest BCUT2D eigenvalue weighted by Crippen LogP contribution is -2.33. The summed E-state index contributed by atoms with van der Waals surface area (Å²) in [5.41, 5.74) is 2.49. The number of nitrogens with one attached hydrogen (secondary N) is 2. The molecule has 0 spiro atoms. The number of nitrogens with zero attached hydrogens (tertiary/aromatic N) is 1. The fraction of sp³-hybridized carbons (Fsp3) is 0.364. The van der Waals surface area contributed by atoms with Crippen LogP contribution < -0.4 is 15.5 Å². The van der Waals surface area contributed by atoms with E-state index < -0.39 is 24.7 Å². The molecule has 0 bridgehead atoms. The van der Waals surface area contributed by atoms with Crippen LogP contribution in [0.15, 0.2) is 42.5 Å². The molecule has 0 saturated carbocycles. The number of ether oxygens (including phenoxy) is 1. The van der Waals surface area contributed by atoms with Gasteiger partial charge in [-0.1, -0.05) is 24.3 Å². The van der Waals surface area contributed by atoms with Crippen molar-refractivity contribution in [2.45, 2.75) is 32.5 Å². The normalized spacial score (nSPS) is 17.0. The molecule has 2 amide bonds. The van der Waals surface area contributed by atoms with Gasteiger partial charge < -0.3 is 15.4 Å². The molecule has 1 unspecified atom stereocenters. The molecule has 0 aliphatic carbocycles. The summed E-state index contributed by atoms with van der Waals surface area (Å²) < 4.78 is 32.5. The van der Waals surface area contributed by atoms with Crippen molar-refractivity contribution < 1.29 is 23.1 Å². The minimum atomic E-state index is -0.572. The summed E-state index contributed by atoms with van der Waals surface area (Å²) >= 11 is 0. The predicted octanol–water partition coefficient (Wildman–Crippen LogP) is 3.40. The van der Waals surface area contributed by atoms with Crippen LogP contribution in [0.1, 0.15) is 19.4 Å². The monoisotopic (exact) mass is 417 g/mol. The number of carbonyl (C=O) groups is 2. The number of hydrogen-bond acceptors (Lipinski definition) is 4. The van der Waals surface area contributed by atoms with Gasteiger partial charge >= 0.3 is 6.09 Å². The molecule has 2 atom stereocenters. The second-order valence-electron chi connectivity index (χ2n) is 7.35. The van der Waals surface area contributed by atoms with Crippen molar-refractivity contribution in [1.29, 1.82) is 0 Å². The Morgan fingerprint density at radius 3 is 2.63 bits per heavy atom. The molecule has 2 aromatic carbocycles. The van der Waals surface area contributed by atoms with E-state index >= 15 is 0 Å². The summed E-state index contributed by atoms with van der Waals surface area (Å²) in [6, 6.07) is 11.7. The van der Waals surface area contributed by atoms with Crippen LogP contribution in [0.25, 0.3) is 11.1 Å². The number of benzene rings is 2. The SMILES string of the molecule is CC(=O)NC[C@H]1CN(c2ccc(-c3ccc(CNC(C)CF)cc3)c(F)c2)C(=O)O1. The quantitative estimate of drug-likeness (QED) is 0.691. The van der Waals surface area contributed by atoms with E-state index in [-0.39, 0.29) is 25.0 Å². The number of carbonyl (C=O) groups excluding carboxylic acids is 2. The first kappa shape index (κ1) is 21.7. The predicted molar refractivity (Wildman–Crippen MR) is 110 cm³/mol. The molecule has 6 nitrogen and oxygen atoms in total. The molecule has 30 heavy (non-hydrogen) atoms. The molecule has 1 saturated heterocycles. The Morgan fingerprint density at radius 1 is 1.27 bits per heavy atom. The molecule has 0 radical (unpaired) electrons. The Hall–Kier alpha value is -3.00. The summed E-state index contributed by atoms with van der Waals surface area (Å²) in [5.74, 6) is -0.666. The van der Waals surface area contributed by atoms with Gasteiger partial charge in [-0.15, -0.1) is 0 Å². The smallest absolute Gasteiger partial charge is 0.414 e. The van der Waals surface area contributed by atoms with Gasteiger partial charge in [0.15, 0.2) is 0 Å². The maximum Gasteiger partial charge on any atom is 0.414 e. The minimum Gasteiger partial charge on any atom is -0.442 e. The standard InChI is InChI=1S/C22H25F2N3O3/c1-14(10-23)25-11-16-3-5-17(6-4-16)20-8-7-18(9-21(20)24)27-13-19(30-22(27)29)12-26-15(2)28/h3-9,14,19,25H,10-13H2,1-2H3,(H,26,28)/t14?,19-/m0/s1. The number of hydrogen-bond donors (Lipinski definition) is 2. The van der Waals surface area contributed by atoms with Crippen molar-refractivity contribution in [2.24, 2.45) is 0 Å². The molecule has 2 N–H and O–H groups in total. The lowest BCUT2D eigenvalue weighted by molar-refractivity contribution is -0.119. The third-order valence-electron chi connectivity index (χ3n) is 4.87. The summed E-state index contributed by atoms with van der Waals surface area (Å²) in [6.45, 7) is 3.69. The van der Waals surface area contributed by atoms with Crippen molar-refractivity contribution in [3.63, 3.8) is 0 Å². The van der Waals surface area contributed by atoms with Gasteiger partial charge in [-0.3, -0.25) is 9.69 Å². The second-order valence-corrected chi connectivity index (χ2v) is 7.35. The maximum atomic E-state index is 14.8. The van der Waals surface area contributed by atoms with Crippen LogP contribution in [0.4, 0.5) is 19.3 Å². The van der Waals surface area contributed by atoms with E-state index in [0.29, 0.717) is 23.4 Å². The highest BCUT2D eigenvalue weighted by molar-refractivity contribution is 5.90. The van der Waals surface area contributed by atoms with E-state index in [2.05, 4.69) is 10.6 Å². The Morgan fingerprint density at radius 2 is 2.00 bits per heavy atom. The van der Waals surface area contributed by atoms with Crippen LogP contribution >= 0.6 is 0 Å². The highest BCUT2D eigenvalue weighted by Gasteiger charge is 2.32. The van der Waals surface area contributed by atoms with Gasteiger partial charge in [0.25, 0.3) is 0 Å². The van der Waals surface area contributed by atoms with Crippen molar-refractivity contribution >= 4 is 17.7 Å². The Balaban J connectivity index is 1.68. The van der Waals surface area contributed by atoms with E-state index in [9.17, 15) is 18.4 Å². The van der Waals surface area contributed by atoms with Gasteiger partial charge in [-0.25, -0.2) is 13.6 Å². The summed E-state index contributed by atoms with van der Waals surface area (Å²) in [4.78, 5) is 24.5. The first-order valence-corrected chi connectivity index (χ1v) is 9.78. The van der Waals surface area contributed by atoms with Crippen LogP contribution in [0.2, 0.25) is 0 Å². The lowest BCUT2D eigenvalue weighted by atomic mass is 10.0. The second kappa shape index (κ2) is 9.67. The van der Waals surface area contributed by atoms with Gasteiger partial charge in [0.2, 0.25) is 5.91 Å². The van der Waals surface area contributed by atoms with E-state index in [0.717, 1.165) is 5.56 Å². The van der Waals surface area contributed by atoms with E-state index in [1.54, 1.807) is 19.1 Å². The molecule has 1 fully saturated rings. The number of rotatable bonds is 8. The fourth-order valence-electron chi connectivity index (χ4n) is 3.15. The van der Waals surface area contributed by atoms with Crippen molar-refractivity contribution in [2.75, 3.05) is 24.7 Å².